The van der Waals surface area contributed by atoms with Gasteiger partial charge in [0.2, 0.25) is 0 Å². The van der Waals surface area contributed by atoms with E-state index in [0.29, 0.717) is 25.9 Å². The molecule has 0 atom stereocenters. The molecule has 134 valence electrons. The number of nitrogens with zero attached hydrogens (tertiary/aromatic N) is 5. The zero-order valence-corrected chi connectivity index (χ0v) is 14.7. The number of imidazole rings is 1. The average molecular weight is 351 g/mol. The van der Waals surface area contributed by atoms with E-state index >= 15 is 0 Å². The van der Waals surface area contributed by atoms with Crippen LogP contribution in [0, 0.1) is 0 Å². The van der Waals surface area contributed by atoms with Gasteiger partial charge >= 0.3 is 5.97 Å². The third-order valence-electron chi connectivity index (χ3n) is 5.30. The van der Waals surface area contributed by atoms with Crippen molar-refractivity contribution in [3.63, 3.8) is 0 Å². The normalized spacial score (nSPS) is 16.7. The number of hydrogen-bond acceptors (Lipinski definition) is 5. The van der Waals surface area contributed by atoms with Gasteiger partial charge in [-0.2, -0.15) is 0 Å². The first-order chi connectivity index (χ1) is 12.6. The van der Waals surface area contributed by atoms with Crippen LogP contribution in [0.1, 0.15) is 25.5 Å². The molecule has 26 heavy (non-hydrogen) atoms. The number of aromatic nitrogens is 4. The van der Waals surface area contributed by atoms with Crippen LogP contribution in [0.15, 0.2) is 43.0 Å². The molecule has 2 aromatic heterocycles. The van der Waals surface area contributed by atoms with Crippen LogP contribution in [0.2, 0.25) is 0 Å². The summed E-state index contributed by atoms with van der Waals surface area (Å²) in [5, 5.41) is 10.1. The minimum absolute atomic E-state index is 0.494. The smallest absolute Gasteiger partial charge is 0.330 e. The number of anilines is 1. The van der Waals surface area contributed by atoms with Gasteiger partial charge in [-0.25, -0.2) is 19.7 Å². The van der Waals surface area contributed by atoms with Crippen molar-refractivity contribution in [2.24, 2.45) is 0 Å². The Hall–Kier alpha value is -2.96. The summed E-state index contributed by atoms with van der Waals surface area (Å²) in [6, 6.07) is 9.65. The minimum atomic E-state index is -0.979. The topological polar surface area (TPSA) is 84.1 Å². The Bertz CT molecular complexity index is 944. The molecule has 0 aliphatic carbocycles. The predicted octanol–water partition coefficient (Wildman–Crippen LogP) is 2.47. The molecular formula is C19H21N5O2. The van der Waals surface area contributed by atoms with Crippen LogP contribution in [0.5, 0.6) is 0 Å². The van der Waals surface area contributed by atoms with E-state index in [-0.39, 0.29) is 0 Å². The van der Waals surface area contributed by atoms with E-state index in [9.17, 15) is 9.90 Å². The molecule has 1 aliphatic rings. The fourth-order valence-corrected chi connectivity index (χ4v) is 3.72. The second kappa shape index (κ2) is 6.40. The Morgan fingerprint density at radius 3 is 2.69 bits per heavy atom. The van der Waals surface area contributed by atoms with Crippen molar-refractivity contribution >= 4 is 22.8 Å². The Morgan fingerprint density at radius 1 is 1.19 bits per heavy atom. The third-order valence-corrected chi connectivity index (χ3v) is 5.30. The first-order valence-corrected chi connectivity index (χ1v) is 8.86. The lowest BCUT2D eigenvalue weighted by Gasteiger charge is -2.40. The zero-order chi connectivity index (χ0) is 18.1. The lowest BCUT2D eigenvalue weighted by molar-refractivity contribution is -0.148. The third kappa shape index (κ3) is 2.60. The second-order valence-electron chi connectivity index (χ2n) is 6.65. The van der Waals surface area contributed by atoms with Crippen LogP contribution in [-0.4, -0.2) is 43.7 Å². The molecule has 0 bridgehead atoms. The molecule has 1 fully saturated rings. The van der Waals surface area contributed by atoms with Gasteiger partial charge in [-0.15, -0.1) is 0 Å². The van der Waals surface area contributed by atoms with Crippen molar-refractivity contribution < 1.29 is 9.90 Å². The number of carboxylic acid groups (broad SMARTS) is 1. The summed E-state index contributed by atoms with van der Waals surface area (Å²) in [4.78, 5) is 27.4. The summed E-state index contributed by atoms with van der Waals surface area (Å²) in [5.41, 5.74) is 1.69. The molecule has 3 aromatic rings. The van der Waals surface area contributed by atoms with E-state index in [1.165, 1.54) is 0 Å². The number of aliphatic carboxylic acids is 1. The monoisotopic (exact) mass is 351 g/mol. The Labute approximate surface area is 151 Å². The van der Waals surface area contributed by atoms with E-state index in [4.69, 9.17) is 0 Å². The highest BCUT2D eigenvalue weighted by molar-refractivity contribution is 5.82. The van der Waals surface area contributed by atoms with Crippen LogP contribution in [0.4, 0.5) is 5.82 Å². The lowest BCUT2D eigenvalue weighted by Crippen LogP contribution is -2.51. The minimum Gasteiger partial charge on any atom is -0.479 e. The van der Waals surface area contributed by atoms with Crippen molar-refractivity contribution in [2.75, 3.05) is 18.0 Å². The van der Waals surface area contributed by atoms with Gasteiger partial charge in [0.15, 0.2) is 0 Å². The first-order valence-electron chi connectivity index (χ1n) is 8.86. The highest BCUT2D eigenvalue weighted by Gasteiger charge is 2.44. The van der Waals surface area contributed by atoms with Gasteiger partial charge in [-0.3, -0.25) is 0 Å². The summed E-state index contributed by atoms with van der Waals surface area (Å²) in [6.45, 7) is 3.31. The van der Waals surface area contributed by atoms with E-state index in [1.807, 2.05) is 34.9 Å². The van der Waals surface area contributed by atoms with Crippen LogP contribution >= 0.6 is 0 Å². The highest BCUT2D eigenvalue weighted by Crippen LogP contribution is 2.34. The Kier molecular flexibility index (Phi) is 4.06. The number of carbonyl (C=O) groups is 1. The summed E-state index contributed by atoms with van der Waals surface area (Å²) in [5.74, 6) is 0.0589. The van der Waals surface area contributed by atoms with E-state index in [2.05, 4.69) is 26.8 Å². The maximum atomic E-state index is 12.3. The molecule has 0 saturated carbocycles. The molecule has 0 radical (unpaired) electrons. The molecule has 7 heteroatoms. The van der Waals surface area contributed by atoms with Crippen LogP contribution < -0.4 is 4.90 Å². The fourth-order valence-electron chi connectivity index (χ4n) is 3.72. The quantitative estimate of drug-likeness (QED) is 0.777. The van der Waals surface area contributed by atoms with Crippen molar-refractivity contribution in [1.82, 2.24) is 19.5 Å². The van der Waals surface area contributed by atoms with Gasteiger partial charge in [0.25, 0.3) is 0 Å². The number of hydrogen-bond donors (Lipinski definition) is 1. The fraction of sp³-hybridized carbons (Fsp3) is 0.368. The molecular weight excluding hydrogens is 330 g/mol. The standard InChI is InChI=1S/C19H21N5O2/c1-2-14-11-17(21-12-20-14)23-9-7-19(8-10-23,18(25)26)24-13-22-15-5-3-4-6-16(15)24/h3-6,11-13H,2,7-10H2,1H3,(H,25,26). The number of carboxylic acids is 1. The molecule has 1 aliphatic heterocycles. The molecule has 0 spiro atoms. The van der Waals surface area contributed by atoms with Crippen molar-refractivity contribution in [1.29, 1.82) is 0 Å². The molecule has 1 N–H and O–H groups in total. The van der Waals surface area contributed by atoms with Gasteiger partial charge in [0, 0.05) is 24.8 Å². The molecule has 7 nitrogen and oxygen atoms in total. The van der Waals surface area contributed by atoms with Crippen LogP contribution in [0.25, 0.3) is 11.0 Å². The Balaban J connectivity index is 1.65. The van der Waals surface area contributed by atoms with Gasteiger partial charge in [-0.1, -0.05) is 19.1 Å². The highest BCUT2D eigenvalue weighted by atomic mass is 16.4. The second-order valence-corrected chi connectivity index (χ2v) is 6.65. The van der Waals surface area contributed by atoms with Gasteiger partial charge in [0.1, 0.15) is 17.7 Å². The van der Waals surface area contributed by atoms with Gasteiger partial charge < -0.3 is 14.6 Å². The first kappa shape index (κ1) is 16.5. The van der Waals surface area contributed by atoms with Crippen LogP contribution in [-0.2, 0) is 16.8 Å². The maximum absolute atomic E-state index is 12.3. The van der Waals surface area contributed by atoms with E-state index in [1.54, 1.807) is 12.7 Å². The van der Waals surface area contributed by atoms with Gasteiger partial charge in [0.05, 0.1) is 17.4 Å². The lowest BCUT2D eigenvalue weighted by atomic mass is 9.87. The largest absolute Gasteiger partial charge is 0.479 e. The predicted molar refractivity (Wildman–Crippen MR) is 98.2 cm³/mol. The van der Waals surface area contributed by atoms with Gasteiger partial charge in [-0.05, 0) is 31.4 Å². The Morgan fingerprint density at radius 2 is 1.96 bits per heavy atom. The number of benzene rings is 1. The molecule has 3 heterocycles. The number of para-hydroxylation sites is 2. The number of aryl methyl sites for hydroxylation is 1. The summed E-state index contributed by atoms with van der Waals surface area (Å²) in [6.07, 6.45) is 5.08. The number of piperidine rings is 1. The molecule has 0 amide bonds. The summed E-state index contributed by atoms with van der Waals surface area (Å²) < 4.78 is 1.83. The van der Waals surface area contributed by atoms with Crippen molar-refractivity contribution in [3.8, 4) is 0 Å². The summed E-state index contributed by atoms with van der Waals surface area (Å²) >= 11 is 0. The van der Waals surface area contributed by atoms with Crippen LogP contribution in [0.3, 0.4) is 0 Å². The molecule has 0 unspecified atom stereocenters. The number of rotatable bonds is 4. The van der Waals surface area contributed by atoms with E-state index in [0.717, 1.165) is 29.0 Å². The molecule has 1 saturated heterocycles. The number of fused-ring (bicyclic) bond motifs is 1. The van der Waals surface area contributed by atoms with Crippen molar-refractivity contribution in [3.05, 3.63) is 48.7 Å². The zero-order valence-electron chi connectivity index (χ0n) is 14.7. The summed E-state index contributed by atoms with van der Waals surface area (Å²) in [7, 11) is 0. The SMILES string of the molecule is CCc1cc(N2CCC(C(=O)O)(n3cnc4ccccc43)CC2)ncn1. The van der Waals surface area contributed by atoms with E-state index < -0.39 is 11.5 Å². The maximum Gasteiger partial charge on any atom is 0.330 e. The molecule has 1 aromatic carbocycles. The average Bonchev–Trinajstić information content (AvgIpc) is 3.12. The molecule has 4 rings (SSSR count). The van der Waals surface area contributed by atoms with Crippen molar-refractivity contribution in [2.45, 2.75) is 31.7 Å².